The SMILES string of the molecule is CC(c1ccc2c(c1)Cc1ccccc1-2)S(=O)CC(N)=O. The molecule has 0 heterocycles. The summed E-state index contributed by atoms with van der Waals surface area (Å²) in [5, 5.41) is -0.188. The first-order valence-electron chi connectivity index (χ1n) is 6.93. The van der Waals surface area contributed by atoms with E-state index in [4.69, 9.17) is 5.73 Å². The van der Waals surface area contributed by atoms with Crippen molar-refractivity contribution < 1.29 is 9.00 Å². The van der Waals surface area contributed by atoms with Gasteiger partial charge in [-0.25, -0.2) is 0 Å². The Bertz CT molecular complexity index is 739. The van der Waals surface area contributed by atoms with E-state index in [-0.39, 0.29) is 11.0 Å². The summed E-state index contributed by atoms with van der Waals surface area (Å²) in [6, 6.07) is 14.6. The number of primary amides is 1. The van der Waals surface area contributed by atoms with E-state index < -0.39 is 16.7 Å². The van der Waals surface area contributed by atoms with Crippen LogP contribution in [0.25, 0.3) is 11.1 Å². The van der Waals surface area contributed by atoms with E-state index in [2.05, 4.69) is 30.3 Å². The summed E-state index contributed by atoms with van der Waals surface area (Å²) in [5.41, 5.74) is 11.3. The van der Waals surface area contributed by atoms with Gasteiger partial charge in [-0.15, -0.1) is 0 Å². The van der Waals surface area contributed by atoms with Crippen molar-refractivity contribution in [2.75, 3.05) is 5.75 Å². The van der Waals surface area contributed by atoms with Crippen LogP contribution in [0.1, 0.15) is 28.9 Å². The van der Waals surface area contributed by atoms with E-state index in [1.54, 1.807) is 0 Å². The van der Waals surface area contributed by atoms with E-state index in [1.165, 1.54) is 22.3 Å². The van der Waals surface area contributed by atoms with Gasteiger partial charge in [-0.3, -0.25) is 9.00 Å². The van der Waals surface area contributed by atoms with Crippen molar-refractivity contribution >= 4 is 16.7 Å². The predicted molar refractivity (Wildman–Crippen MR) is 85.3 cm³/mol. The van der Waals surface area contributed by atoms with Gasteiger partial charge >= 0.3 is 0 Å². The third kappa shape index (κ3) is 2.63. The Morgan fingerprint density at radius 2 is 1.90 bits per heavy atom. The summed E-state index contributed by atoms with van der Waals surface area (Å²) in [6.07, 6.45) is 0.911. The minimum Gasteiger partial charge on any atom is -0.369 e. The first-order chi connectivity index (χ1) is 10.1. The molecule has 0 saturated heterocycles. The molecule has 1 aliphatic carbocycles. The number of carbonyl (C=O) groups excluding carboxylic acids is 1. The van der Waals surface area contributed by atoms with Crippen LogP contribution in [0.2, 0.25) is 0 Å². The second-order valence-corrected chi connectivity index (χ2v) is 7.14. The lowest BCUT2D eigenvalue weighted by Gasteiger charge is -2.12. The highest BCUT2D eigenvalue weighted by Gasteiger charge is 2.21. The molecule has 2 N–H and O–H groups in total. The number of hydrogen-bond donors (Lipinski definition) is 1. The Morgan fingerprint density at radius 3 is 2.67 bits per heavy atom. The van der Waals surface area contributed by atoms with E-state index in [0.717, 1.165) is 12.0 Å². The molecule has 21 heavy (non-hydrogen) atoms. The number of carbonyl (C=O) groups is 1. The second kappa shape index (κ2) is 5.45. The van der Waals surface area contributed by atoms with Crippen LogP contribution < -0.4 is 5.73 Å². The third-order valence-corrected chi connectivity index (χ3v) is 5.60. The first kappa shape index (κ1) is 14.0. The Hall–Kier alpha value is -1.94. The molecule has 1 aliphatic rings. The zero-order valence-electron chi connectivity index (χ0n) is 11.8. The molecule has 108 valence electrons. The van der Waals surface area contributed by atoms with Crippen molar-refractivity contribution in [1.82, 2.24) is 0 Å². The maximum absolute atomic E-state index is 12.1. The number of hydrogen-bond acceptors (Lipinski definition) is 2. The maximum Gasteiger partial charge on any atom is 0.230 e. The van der Waals surface area contributed by atoms with E-state index >= 15 is 0 Å². The van der Waals surface area contributed by atoms with Gasteiger partial charge in [0, 0.05) is 10.8 Å². The summed E-state index contributed by atoms with van der Waals surface area (Å²) < 4.78 is 12.1. The number of benzene rings is 2. The zero-order chi connectivity index (χ0) is 15.0. The van der Waals surface area contributed by atoms with Crippen molar-refractivity contribution in [1.29, 1.82) is 0 Å². The average Bonchev–Trinajstić information content (AvgIpc) is 2.83. The lowest BCUT2D eigenvalue weighted by Crippen LogP contribution is -2.21. The monoisotopic (exact) mass is 299 g/mol. The minimum atomic E-state index is -1.27. The van der Waals surface area contributed by atoms with Crippen LogP contribution in [0, 0.1) is 0 Å². The maximum atomic E-state index is 12.1. The van der Waals surface area contributed by atoms with Crippen molar-refractivity contribution in [3.8, 4) is 11.1 Å². The third-order valence-electron chi connectivity index (χ3n) is 3.97. The molecule has 3 rings (SSSR count). The van der Waals surface area contributed by atoms with Crippen LogP contribution in [0.3, 0.4) is 0 Å². The van der Waals surface area contributed by atoms with Gasteiger partial charge in [-0.2, -0.15) is 0 Å². The minimum absolute atomic E-state index is 0.0848. The Kier molecular flexibility index (Phi) is 3.64. The molecule has 0 spiro atoms. The highest BCUT2D eigenvalue weighted by molar-refractivity contribution is 7.86. The number of amides is 1. The molecule has 0 aliphatic heterocycles. The van der Waals surface area contributed by atoms with Crippen molar-refractivity contribution in [3.63, 3.8) is 0 Å². The Morgan fingerprint density at radius 1 is 1.19 bits per heavy atom. The normalized spacial score (nSPS) is 15.1. The summed E-state index contributed by atoms with van der Waals surface area (Å²) in [6.45, 7) is 1.88. The smallest absolute Gasteiger partial charge is 0.230 e. The van der Waals surface area contributed by atoms with Crippen LogP contribution >= 0.6 is 0 Å². The highest BCUT2D eigenvalue weighted by Crippen LogP contribution is 2.38. The predicted octanol–water partition coefficient (Wildman–Crippen LogP) is 2.55. The van der Waals surface area contributed by atoms with Gasteiger partial charge in [0.2, 0.25) is 5.91 Å². The molecule has 0 saturated carbocycles. The topological polar surface area (TPSA) is 60.2 Å². The molecule has 0 fully saturated rings. The largest absolute Gasteiger partial charge is 0.369 e. The summed E-state index contributed by atoms with van der Waals surface area (Å²) in [5.74, 6) is -0.605. The van der Waals surface area contributed by atoms with Gasteiger partial charge in [0.1, 0.15) is 5.75 Å². The Labute approximate surface area is 126 Å². The van der Waals surface area contributed by atoms with Gasteiger partial charge in [-0.1, -0.05) is 42.5 Å². The zero-order valence-corrected chi connectivity index (χ0v) is 12.7. The van der Waals surface area contributed by atoms with Gasteiger partial charge in [0.15, 0.2) is 0 Å². The van der Waals surface area contributed by atoms with Gasteiger partial charge in [0.05, 0.1) is 5.25 Å². The molecular weight excluding hydrogens is 282 g/mol. The van der Waals surface area contributed by atoms with E-state index in [1.807, 2.05) is 19.1 Å². The fraction of sp³-hybridized carbons (Fsp3) is 0.235. The number of fused-ring (bicyclic) bond motifs is 3. The number of nitrogens with two attached hydrogens (primary N) is 1. The lowest BCUT2D eigenvalue weighted by atomic mass is 10.0. The van der Waals surface area contributed by atoms with Gasteiger partial charge < -0.3 is 5.73 Å². The van der Waals surface area contributed by atoms with E-state index in [9.17, 15) is 9.00 Å². The second-order valence-electron chi connectivity index (χ2n) is 5.38. The van der Waals surface area contributed by atoms with Gasteiger partial charge in [-0.05, 0) is 41.2 Å². The molecule has 2 atom stereocenters. The summed E-state index contributed by atoms with van der Waals surface area (Å²) in [7, 11) is -1.27. The van der Waals surface area contributed by atoms with Gasteiger partial charge in [0.25, 0.3) is 0 Å². The molecule has 0 bridgehead atoms. The average molecular weight is 299 g/mol. The van der Waals surface area contributed by atoms with E-state index in [0.29, 0.717) is 0 Å². The first-order valence-corrected chi connectivity index (χ1v) is 8.31. The van der Waals surface area contributed by atoms with Crippen LogP contribution in [0.15, 0.2) is 42.5 Å². The van der Waals surface area contributed by atoms with Crippen molar-refractivity contribution in [3.05, 3.63) is 59.2 Å². The molecular formula is C17H17NO2S. The summed E-state index contributed by atoms with van der Waals surface area (Å²) in [4.78, 5) is 10.9. The van der Waals surface area contributed by atoms with Crippen LogP contribution in [-0.2, 0) is 22.0 Å². The highest BCUT2D eigenvalue weighted by atomic mass is 32.2. The molecule has 1 amide bonds. The van der Waals surface area contributed by atoms with Crippen molar-refractivity contribution in [2.24, 2.45) is 5.73 Å². The molecule has 2 unspecified atom stereocenters. The Balaban J connectivity index is 1.90. The lowest BCUT2D eigenvalue weighted by molar-refractivity contribution is -0.115. The summed E-state index contributed by atoms with van der Waals surface area (Å²) >= 11 is 0. The van der Waals surface area contributed by atoms with Crippen LogP contribution in [-0.4, -0.2) is 15.9 Å². The fourth-order valence-electron chi connectivity index (χ4n) is 2.83. The molecule has 2 aromatic rings. The molecule has 0 aromatic heterocycles. The standard InChI is InChI=1S/C17H17NO2S/c1-11(21(20)10-17(18)19)12-6-7-16-14(8-12)9-13-4-2-3-5-15(13)16/h2-8,11H,9-10H2,1H3,(H2,18,19). The molecule has 3 nitrogen and oxygen atoms in total. The molecule has 2 aromatic carbocycles. The van der Waals surface area contributed by atoms with Crippen LogP contribution in [0.5, 0.6) is 0 Å². The molecule has 0 radical (unpaired) electrons. The quantitative estimate of drug-likeness (QED) is 0.805. The fourth-order valence-corrected chi connectivity index (χ4v) is 3.82. The number of rotatable bonds is 4. The van der Waals surface area contributed by atoms with Crippen molar-refractivity contribution in [2.45, 2.75) is 18.6 Å². The molecule has 4 heteroatoms. The van der Waals surface area contributed by atoms with Crippen LogP contribution in [0.4, 0.5) is 0 Å².